The van der Waals surface area contributed by atoms with Crippen molar-refractivity contribution in [1.29, 1.82) is 0 Å². The fourth-order valence-corrected chi connectivity index (χ4v) is 1.85. The third kappa shape index (κ3) is 2.08. The number of carbonyl (C=O) groups excluding carboxylic acids is 1. The standard InChI is InChI=1S/C11H20NO2/c1-6-9(13)14-12-10(2,3)7-8-11(12,4)5/h7H,6,8H2,1-5H3. The van der Waals surface area contributed by atoms with Crippen molar-refractivity contribution in [3.63, 3.8) is 0 Å². The lowest BCUT2D eigenvalue weighted by Gasteiger charge is -2.37. The van der Waals surface area contributed by atoms with Crippen LogP contribution in [0.3, 0.4) is 0 Å². The minimum absolute atomic E-state index is 0.0890. The van der Waals surface area contributed by atoms with Crippen LogP contribution in [0, 0.1) is 6.42 Å². The molecule has 0 saturated carbocycles. The first kappa shape index (κ1) is 11.5. The molecule has 3 nitrogen and oxygen atoms in total. The smallest absolute Gasteiger partial charge is 0.324 e. The summed E-state index contributed by atoms with van der Waals surface area (Å²) in [5.41, 5.74) is -0.247. The van der Waals surface area contributed by atoms with Gasteiger partial charge in [-0.1, -0.05) is 6.92 Å². The fourth-order valence-electron chi connectivity index (χ4n) is 1.85. The number of hydrogen-bond acceptors (Lipinski definition) is 3. The van der Waals surface area contributed by atoms with E-state index < -0.39 is 0 Å². The van der Waals surface area contributed by atoms with Crippen LogP contribution >= 0.6 is 0 Å². The highest BCUT2D eigenvalue weighted by atomic mass is 16.7. The fraction of sp³-hybridized carbons (Fsp3) is 0.818. The Morgan fingerprint density at radius 1 is 1.43 bits per heavy atom. The summed E-state index contributed by atoms with van der Waals surface area (Å²) < 4.78 is 0. The Bertz CT molecular complexity index is 217. The molecule has 0 atom stereocenters. The zero-order valence-corrected chi connectivity index (χ0v) is 9.76. The third-order valence-corrected chi connectivity index (χ3v) is 2.66. The highest BCUT2D eigenvalue weighted by Crippen LogP contribution is 2.39. The van der Waals surface area contributed by atoms with Gasteiger partial charge in [0.15, 0.2) is 0 Å². The van der Waals surface area contributed by atoms with E-state index in [2.05, 4.69) is 34.1 Å². The SMILES string of the molecule is CCC(=O)ON1C(C)(C)[CH]CC1(C)C. The first-order valence-electron chi connectivity index (χ1n) is 5.15. The van der Waals surface area contributed by atoms with Crippen molar-refractivity contribution in [1.82, 2.24) is 5.06 Å². The van der Waals surface area contributed by atoms with Gasteiger partial charge in [0, 0.05) is 6.42 Å². The van der Waals surface area contributed by atoms with E-state index in [0.29, 0.717) is 6.42 Å². The van der Waals surface area contributed by atoms with Gasteiger partial charge < -0.3 is 4.84 Å². The van der Waals surface area contributed by atoms with E-state index >= 15 is 0 Å². The van der Waals surface area contributed by atoms with Gasteiger partial charge in [0.05, 0.1) is 11.1 Å². The lowest BCUT2D eigenvalue weighted by Crippen LogP contribution is -2.49. The zero-order valence-electron chi connectivity index (χ0n) is 9.76. The molecule has 1 rings (SSSR count). The van der Waals surface area contributed by atoms with Crippen LogP contribution in [0.2, 0.25) is 0 Å². The molecule has 0 amide bonds. The van der Waals surface area contributed by atoms with Crippen LogP contribution in [0.15, 0.2) is 0 Å². The van der Waals surface area contributed by atoms with Crippen LogP contribution in [0.25, 0.3) is 0 Å². The molecule has 1 aliphatic rings. The Kier molecular flexibility index (Phi) is 2.91. The van der Waals surface area contributed by atoms with Gasteiger partial charge in [0.2, 0.25) is 0 Å². The number of rotatable bonds is 2. The Labute approximate surface area is 86.4 Å². The van der Waals surface area contributed by atoms with Crippen LogP contribution in [0.5, 0.6) is 0 Å². The van der Waals surface area contributed by atoms with Crippen LogP contribution in [0.1, 0.15) is 47.5 Å². The molecule has 0 aromatic heterocycles. The van der Waals surface area contributed by atoms with Crippen LogP contribution in [-0.4, -0.2) is 22.1 Å². The Hall–Kier alpha value is -0.570. The van der Waals surface area contributed by atoms with E-state index in [9.17, 15) is 4.79 Å². The van der Waals surface area contributed by atoms with Crippen LogP contribution in [0.4, 0.5) is 0 Å². The summed E-state index contributed by atoms with van der Waals surface area (Å²) in [4.78, 5) is 16.6. The summed E-state index contributed by atoms with van der Waals surface area (Å²) in [5, 5.41) is 1.81. The topological polar surface area (TPSA) is 29.5 Å². The van der Waals surface area contributed by atoms with E-state index in [0.717, 1.165) is 6.42 Å². The van der Waals surface area contributed by atoms with Gasteiger partial charge >= 0.3 is 5.97 Å². The number of carbonyl (C=O) groups is 1. The average Bonchev–Trinajstić information content (AvgIpc) is 2.28. The van der Waals surface area contributed by atoms with Crippen molar-refractivity contribution in [3.8, 4) is 0 Å². The highest BCUT2D eigenvalue weighted by Gasteiger charge is 2.47. The summed E-state index contributed by atoms with van der Waals surface area (Å²) in [7, 11) is 0. The molecule has 0 spiro atoms. The first-order valence-corrected chi connectivity index (χ1v) is 5.15. The summed E-state index contributed by atoms with van der Waals surface area (Å²) in [6, 6.07) is 0. The van der Waals surface area contributed by atoms with Gasteiger partial charge in [-0.25, -0.2) is 0 Å². The predicted molar refractivity (Wildman–Crippen MR) is 55.3 cm³/mol. The minimum atomic E-state index is -0.165. The number of hydroxylamine groups is 2. The normalized spacial score (nSPS) is 24.9. The van der Waals surface area contributed by atoms with E-state index in [1.54, 1.807) is 0 Å². The summed E-state index contributed by atoms with van der Waals surface area (Å²) >= 11 is 0. The average molecular weight is 198 g/mol. The maximum Gasteiger partial charge on any atom is 0.324 e. The van der Waals surface area contributed by atoms with Crippen molar-refractivity contribution < 1.29 is 9.63 Å². The molecule has 0 aromatic carbocycles. The molecule has 1 saturated heterocycles. The second-order valence-electron chi connectivity index (χ2n) is 4.99. The Morgan fingerprint density at radius 2 is 2.00 bits per heavy atom. The second kappa shape index (κ2) is 3.54. The molecule has 1 heterocycles. The molecule has 3 heteroatoms. The van der Waals surface area contributed by atoms with Gasteiger partial charge in [-0.15, -0.1) is 5.06 Å². The molecule has 81 valence electrons. The second-order valence-corrected chi connectivity index (χ2v) is 4.99. The predicted octanol–water partition coefficient (Wildman–Crippen LogP) is 2.32. The van der Waals surface area contributed by atoms with Gasteiger partial charge in [-0.2, -0.15) is 0 Å². The minimum Gasteiger partial charge on any atom is -0.367 e. The Balaban J connectivity index is 2.76. The molecule has 0 aliphatic carbocycles. The quantitative estimate of drug-likeness (QED) is 0.682. The monoisotopic (exact) mass is 198 g/mol. The van der Waals surface area contributed by atoms with Crippen LogP contribution < -0.4 is 0 Å². The molecule has 1 radical (unpaired) electrons. The number of hydrogen-bond donors (Lipinski definition) is 0. The maximum atomic E-state index is 11.3. The summed E-state index contributed by atoms with van der Waals surface area (Å²) in [5.74, 6) is -0.165. The molecule has 0 N–H and O–H groups in total. The van der Waals surface area contributed by atoms with E-state index in [1.165, 1.54) is 0 Å². The van der Waals surface area contributed by atoms with Gasteiger partial charge in [0.25, 0.3) is 0 Å². The van der Waals surface area contributed by atoms with Crippen molar-refractivity contribution >= 4 is 5.97 Å². The lowest BCUT2D eigenvalue weighted by molar-refractivity contribution is -0.231. The van der Waals surface area contributed by atoms with E-state index in [-0.39, 0.29) is 17.0 Å². The molecule has 0 unspecified atom stereocenters. The molecular formula is C11H20NO2. The maximum absolute atomic E-state index is 11.3. The summed E-state index contributed by atoms with van der Waals surface area (Å²) in [6.07, 6.45) is 3.55. The van der Waals surface area contributed by atoms with Crippen LogP contribution in [-0.2, 0) is 9.63 Å². The van der Waals surface area contributed by atoms with Crippen molar-refractivity contribution in [2.75, 3.05) is 0 Å². The van der Waals surface area contributed by atoms with E-state index in [4.69, 9.17) is 4.84 Å². The molecule has 1 fully saturated rings. The number of nitrogens with zero attached hydrogens (tertiary/aromatic N) is 1. The molecular weight excluding hydrogens is 178 g/mol. The third-order valence-electron chi connectivity index (χ3n) is 2.66. The Morgan fingerprint density at radius 3 is 2.36 bits per heavy atom. The molecule has 0 aromatic rings. The van der Waals surface area contributed by atoms with Crippen molar-refractivity contribution in [2.24, 2.45) is 0 Å². The van der Waals surface area contributed by atoms with Gasteiger partial charge in [0.1, 0.15) is 0 Å². The highest BCUT2D eigenvalue weighted by molar-refractivity contribution is 5.68. The lowest BCUT2D eigenvalue weighted by atomic mass is 10.0. The van der Waals surface area contributed by atoms with Crippen molar-refractivity contribution in [2.45, 2.75) is 58.5 Å². The largest absolute Gasteiger partial charge is 0.367 e. The molecule has 14 heavy (non-hydrogen) atoms. The first-order chi connectivity index (χ1) is 6.29. The summed E-state index contributed by atoms with van der Waals surface area (Å²) in [6.45, 7) is 10.1. The van der Waals surface area contributed by atoms with Crippen molar-refractivity contribution in [3.05, 3.63) is 6.42 Å². The van der Waals surface area contributed by atoms with E-state index in [1.807, 2.05) is 12.0 Å². The molecule has 0 bridgehead atoms. The zero-order chi connectivity index (χ0) is 11.0. The van der Waals surface area contributed by atoms with Gasteiger partial charge in [-0.3, -0.25) is 4.79 Å². The molecule has 1 aliphatic heterocycles. The van der Waals surface area contributed by atoms with Gasteiger partial charge in [-0.05, 0) is 40.5 Å².